The molecule has 0 aromatic carbocycles. The van der Waals surface area contributed by atoms with Gasteiger partial charge in [0.15, 0.2) is 5.76 Å². The van der Waals surface area contributed by atoms with E-state index in [1.807, 2.05) is 18.5 Å². The molecule has 2 aromatic heterocycles. The molecule has 0 saturated heterocycles. The maximum absolute atomic E-state index is 5.92. The van der Waals surface area contributed by atoms with Crippen LogP contribution in [0.1, 0.15) is 24.5 Å². The highest BCUT2D eigenvalue weighted by Crippen LogP contribution is 2.46. The van der Waals surface area contributed by atoms with Crippen molar-refractivity contribution in [2.75, 3.05) is 12.4 Å². The molecular weight excluding hydrogens is 244 g/mol. The molecule has 1 fully saturated rings. The normalized spacial score (nSPS) is 15.4. The van der Waals surface area contributed by atoms with E-state index in [4.69, 9.17) is 16.1 Å². The molecule has 3 rings (SSSR count). The van der Waals surface area contributed by atoms with Gasteiger partial charge in [0.05, 0.1) is 4.34 Å². The molecule has 84 valence electrons. The summed E-state index contributed by atoms with van der Waals surface area (Å²) in [7, 11) is 1.90. The Kier molecular flexibility index (Phi) is 2.41. The summed E-state index contributed by atoms with van der Waals surface area (Å²) >= 11 is 7.43. The van der Waals surface area contributed by atoms with Crippen LogP contribution < -0.4 is 5.32 Å². The number of thiophene rings is 1. The molecule has 1 aliphatic rings. The minimum absolute atomic E-state index is 0.578. The molecule has 0 radical (unpaired) electrons. The van der Waals surface area contributed by atoms with Gasteiger partial charge < -0.3 is 9.84 Å². The molecule has 0 aliphatic heterocycles. The minimum atomic E-state index is 0.578. The van der Waals surface area contributed by atoms with Gasteiger partial charge in [-0.3, -0.25) is 0 Å². The van der Waals surface area contributed by atoms with E-state index in [1.54, 1.807) is 0 Å². The average molecular weight is 255 g/mol. The van der Waals surface area contributed by atoms with E-state index in [1.165, 1.54) is 24.2 Å². The largest absolute Gasteiger partial charge is 0.383 e. The van der Waals surface area contributed by atoms with Crippen molar-refractivity contribution in [1.82, 2.24) is 5.16 Å². The van der Waals surface area contributed by atoms with E-state index in [0.717, 1.165) is 27.0 Å². The fraction of sp³-hybridized carbons (Fsp3) is 0.364. The second-order valence-electron chi connectivity index (χ2n) is 3.94. The number of halogens is 1. The first kappa shape index (κ1) is 10.2. The van der Waals surface area contributed by atoms with E-state index < -0.39 is 0 Å². The second kappa shape index (κ2) is 3.79. The molecule has 16 heavy (non-hydrogen) atoms. The zero-order valence-corrected chi connectivity index (χ0v) is 10.4. The lowest BCUT2D eigenvalue weighted by molar-refractivity contribution is 0.424. The van der Waals surface area contributed by atoms with Crippen molar-refractivity contribution in [3.8, 4) is 11.3 Å². The molecule has 0 amide bonds. The fourth-order valence-corrected chi connectivity index (χ4v) is 2.67. The molecular formula is C11H11ClN2OS. The smallest absolute Gasteiger partial charge is 0.191 e. The van der Waals surface area contributed by atoms with Crippen LogP contribution in [0.3, 0.4) is 0 Å². The SMILES string of the molecule is CNc1c(C2CC2)noc1-c1csc(Cl)c1. The van der Waals surface area contributed by atoms with E-state index in [2.05, 4.69) is 10.5 Å². The van der Waals surface area contributed by atoms with Gasteiger partial charge in [0.1, 0.15) is 11.4 Å². The summed E-state index contributed by atoms with van der Waals surface area (Å²) in [4.78, 5) is 0. The minimum Gasteiger partial charge on any atom is -0.383 e. The zero-order valence-electron chi connectivity index (χ0n) is 8.79. The van der Waals surface area contributed by atoms with Crippen LogP contribution in [0.15, 0.2) is 16.0 Å². The maximum atomic E-state index is 5.92. The number of hydrogen-bond donors (Lipinski definition) is 1. The Morgan fingerprint density at radius 2 is 2.38 bits per heavy atom. The van der Waals surface area contributed by atoms with Gasteiger partial charge in [0, 0.05) is 23.9 Å². The molecule has 5 heteroatoms. The first-order valence-corrected chi connectivity index (χ1v) is 6.47. The van der Waals surface area contributed by atoms with Crippen LogP contribution in [0.5, 0.6) is 0 Å². The molecule has 0 atom stereocenters. The summed E-state index contributed by atoms with van der Waals surface area (Å²) in [5.41, 5.74) is 3.07. The third-order valence-corrected chi connectivity index (χ3v) is 3.85. The lowest BCUT2D eigenvalue weighted by atomic mass is 10.1. The highest BCUT2D eigenvalue weighted by atomic mass is 35.5. The van der Waals surface area contributed by atoms with Gasteiger partial charge >= 0.3 is 0 Å². The summed E-state index contributed by atoms with van der Waals surface area (Å²) in [6, 6.07) is 1.91. The van der Waals surface area contributed by atoms with E-state index in [0.29, 0.717) is 5.92 Å². The Labute approximate surface area is 102 Å². The quantitative estimate of drug-likeness (QED) is 0.901. The standard InChI is InChI=1S/C11H11ClN2OS/c1-13-10-9(6-2-3-6)14-15-11(10)7-4-8(12)16-5-7/h4-6,13H,2-3H2,1H3. The maximum Gasteiger partial charge on any atom is 0.191 e. The lowest BCUT2D eigenvalue weighted by Gasteiger charge is -1.99. The Hall–Kier alpha value is -1.00. The fourth-order valence-electron chi connectivity index (χ4n) is 1.81. The number of nitrogens with one attached hydrogen (secondary N) is 1. The Morgan fingerprint density at radius 3 is 2.94 bits per heavy atom. The number of anilines is 1. The molecule has 0 unspecified atom stereocenters. The first-order chi connectivity index (χ1) is 7.79. The van der Waals surface area contributed by atoms with Gasteiger partial charge in [0.2, 0.25) is 0 Å². The third-order valence-electron chi connectivity index (χ3n) is 2.76. The number of nitrogens with zero attached hydrogens (tertiary/aromatic N) is 1. The van der Waals surface area contributed by atoms with Crippen LogP contribution in [-0.2, 0) is 0 Å². The van der Waals surface area contributed by atoms with E-state index in [9.17, 15) is 0 Å². The molecule has 1 saturated carbocycles. The van der Waals surface area contributed by atoms with Gasteiger partial charge in [-0.15, -0.1) is 11.3 Å². The van der Waals surface area contributed by atoms with Gasteiger partial charge in [0.25, 0.3) is 0 Å². The Balaban J connectivity index is 2.06. The van der Waals surface area contributed by atoms with Crippen LogP contribution in [0.4, 0.5) is 5.69 Å². The average Bonchev–Trinajstić information content (AvgIpc) is 2.89. The third kappa shape index (κ3) is 1.62. The second-order valence-corrected chi connectivity index (χ2v) is 5.48. The molecule has 1 N–H and O–H groups in total. The van der Waals surface area contributed by atoms with E-state index >= 15 is 0 Å². The van der Waals surface area contributed by atoms with Crippen LogP contribution in [0, 0.1) is 0 Å². The predicted octanol–water partition coefficient (Wildman–Crippen LogP) is 3.98. The lowest BCUT2D eigenvalue weighted by Crippen LogP contribution is -1.92. The van der Waals surface area contributed by atoms with Crippen molar-refractivity contribution in [2.45, 2.75) is 18.8 Å². The van der Waals surface area contributed by atoms with Crippen LogP contribution in [0.25, 0.3) is 11.3 Å². The van der Waals surface area contributed by atoms with Gasteiger partial charge in [-0.1, -0.05) is 16.8 Å². The predicted molar refractivity (Wildman–Crippen MR) is 66.3 cm³/mol. The van der Waals surface area contributed by atoms with Crippen molar-refractivity contribution >= 4 is 28.6 Å². The number of rotatable bonds is 3. The van der Waals surface area contributed by atoms with Crippen molar-refractivity contribution in [1.29, 1.82) is 0 Å². The molecule has 1 aliphatic carbocycles. The van der Waals surface area contributed by atoms with E-state index in [-0.39, 0.29) is 0 Å². The van der Waals surface area contributed by atoms with Crippen LogP contribution in [0.2, 0.25) is 4.34 Å². The van der Waals surface area contributed by atoms with Crippen LogP contribution >= 0.6 is 22.9 Å². The Bertz CT molecular complexity index is 516. The topological polar surface area (TPSA) is 38.1 Å². The summed E-state index contributed by atoms with van der Waals surface area (Å²) in [5.74, 6) is 1.38. The summed E-state index contributed by atoms with van der Waals surface area (Å²) < 4.78 is 6.19. The summed E-state index contributed by atoms with van der Waals surface area (Å²) in [6.07, 6.45) is 2.43. The molecule has 0 bridgehead atoms. The monoisotopic (exact) mass is 254 g/mol. The van der Waals surface area contributed by atoms with Crippen molar-refractivity contribution in [3.05, 3.63) is 21.5 Å². The highest BCUT2D eigenvalue weighted by Gasteiger charge is 2.31. The van der Waals surface area contributed by atoms with Crippen molar-refractivity contribution in [3.63, 3.8) is 0 Å². The number of hydrogen-bond acceptors (Lipinski definition) is 4. The van der Waals surface area contributed by atoms with Crippen molar-refractivity contribution < 1.29 is 4.52 Å². The number of aromatic nitrogens is 1. The molecule has 0 spiro atoms. The Morgan fingerprint density at radius 1 is 1.56 bits per heavy atom. The molecule has 2 heterocycles. The zero-order chi connectivity index (χ0) is 11.1. The highest BCUT2D eigenvalue weighted by molar-refractivity contribution is 7.14. The van der Waals surface area contributed by atoms with Gasteiger partial charge in [-0.05, 0) is 18.9 Å². The van der Waals surface area contributed by atoms with Crippen LogP contribution in [-0.4, -0.2) is 12.2 Å². The van der Waals surface area contributed by atoms with Gasteiger partial charge in [-0.25, -0.2) is 0 Å². The summed E-state index contributed by atoms with van der Waals surface area (Å²) in [5, 5.41) is 9.32. The van der Waals surface area contributed by atoms with Crippen molar-refractivity contribution in [2.24, 2.45) is 0 Å². The molecule has 3 nitrogen and oxygen atoms in total. The molecule has 2 aromatic rings. The first-order valence-electron chi connectivity index (χ1n) is 5.21. The summed E-state index contributed by atoms with van der Waals surface area (Å²) in [6.45, 7) is 0. The van der Waals surface area contributed by atoms with Gasteiger partial charge in [-0.2, -0.15) is 0 Å².